The van der Waals surface area contributed by atoms with Crippen LogP contribution in [-0.2, 0) is 0 Å². The molecule has 0 radical (unpaired) electrons. The first-order chi connectivity index (χ1) is 5.75. The Labute approximate surface area is 69.7 Å². The lowest BCUT2D eigenvalue weighted by molar-refractivity contribution is 0.753. The van der Waals surface area contributed by atoms with Gasteiger partial charge < -0.3 is 11.6 Å². The quantitative estimate of drug-likeness (QED) is 0.428. The summed E-state index contributed by atoms with van der Waals surface area (Å²) >= 11 is 0. The lowest BCUT2D eigenvalue weighted by Gasteiger charge is -2.10. The van der Waals surface area contributed by atoms with Gasteiger partial charge in [-0.3, -0.25) is 5.10 Å². The van der Waals surface area contributed by atoms with Crippen LogP contribution >= 0.6 is 0 Å². The van der Waals surface area contributed by atoms with Gasteiger partial charge in [0.15, 0.2) is 0 Å². The summed E-state index contributed by atoms with van der Waals surface area (Å²) < 4.78 is 0. The third kappa shape index (κ3) is 1.03. The van der Waals surface area contributed by atoms with Crippen LogP contribution in [0.3, 0.4) is 0 Å². The second-order valence-corrected chi connectivity index (χ2v) is 2.68. The SMILES string of the molecule is Nc1ccc(-c2cn(N)[nH]2)cc1. The first-order valence-electron chi connectivity index (χ1n) is 3.64. The molecule has 2 aromatic rings. The van der Waals surface area contributed by atoms with Gasteiger partial charge >= 0.3 is 0 Å². The Balaban J connectivity index is 2.33. The first-order valence-corrected chi connectivity index (χ1v) is 3.64. The Bertz CT molecular complexity index is 356. The van der Waals surface area contributed by atoms with E-state index in [0.717, 1.165) is 16.9 Å². The maximum atomic E-state index is 5.54. The Hall–Kier alpha value is -1.84. The minimum absolute atomic E-state index is 0.767. The van der Waals surface area contributed by atoms with Gasteiger partial charge in [-0.2, -0.15) is 0 Å². The fraction of sp³-hybridized carbons (Fsp3) is 0. The average Bonchev–Trinajstić information content (AvgIpc) is 2.01. The lowest BCUT2D eigenvalue weighted by atomic mass is 10.1. The van der Waals surface area contributed by atoms with Gasteiger partial charge in [-0.25, -0.2) is 4.79 Å². The summed E-state index contributed by atoms with van der Waals surface area (Å²) in [5.74, 6) is 5.36. The van der Waals surface area contributed by atoms with Crippen molar-refractivity contribution in [3.63, 3.8) is 0 Å². The van der Waals surface area contributed by atoms with E-state index in [-0.39, 0.29) is 0 Å². The smallest absolute Gasteiger partial charge is 0.0832 e. The highest BCUT2D eigenvalue weighted by molar-refractivity contribution is 5.61. The van der Waals surface area contributed by atoms with Crippen molar-refractivity contribution in [2.45, 2.75) is 0 Å². The molecule has 0 aliphatic rings. The van der Waals surface area contributed by atoms with Crippen molar-refractivity contribution in [3.05, 3.63) is 30.5 Å². The van der Waals surface area contributed by atoms with Crippen LogP contribution in [0.1, 0.15) is 0 Å². The van der Waals surface area contributed by atoms with Crippen molar-refractivity contribution < 1.29 is 0 Å². The molecular formula is C8H10N4. The van der Waals surface area contributed by atoms with Crippen molar-refractivity contribution in [2.24, 2.45) is 0 Å². The number of anilines is 1. The molecule has 0 unspecified atom stereocenters. The molecule has 0 spiro atoms. The monoisotopic (exact) mass is 162 g/mol. The fourth-order valence-corrected chi connectivity index (χ4v) is 1.07. The molecule has 0 bridgehead atoms. The standard InChI is InChI=1S/C8H10N4/c9-7-3-1-6(2-4-7)8-5-12(10)11-8/h1-5,11H,9-10H2. The molecule has 4 nitrogen and oxygen atoms in total. The van der Waals surface area contributed by atoms with Crippen molar-refractivity contribution in [1.29, 1.82) is 0 Å². The molecular weight excluding hydrogens is 152 g/mol. The van der Waals surface area contributed by atoms with Crippen LogP contribution < -0.4 is 11.6 Å². The van der Waals surface area contributed by atoms with Crippen LogP contribution in [0.4, 0.5) is 5.69 Å². The molecule has 0 fully saturated rings. The molecule has 62 valence electrons. The summed E-state index contributed by atoms with van der Waals surface area (Å²) in [4.78, 5) is 1.41. The Morgan fingerprint density at radius 1 is 1.17 bits per heavy atom. The number of hydrogen-bond acceptors (Lipinski definition) is 2. The number of nitrogens with zero attached hydrogens (tertiary/aromatic N) is 1. The van der Waals surface area contributed by atoms with E-state index in [1.165, 1.54) is 4.79 Å². The van der Waals surface area contributed by atoms with Crippen LogP contribution in [0, 0.1) is 0 Å². The van der Waals surface area contributed by atoms with Crippen LogP contribution in [-0.4, -0.2) is 9.89 Å². The second-order valence-electron chi connectivity index (χ2n) is 2.68. The molecule has 12 heavy (non-hydrogen) atoms. The summed E-state index contributed by atoms with van der Waals surface area (Å²) in [7, 11) is 0. The van der Waals surface area contributed by atoms with Gasteiger partial charge in [0.1, 0.15) is 0 Å². The van der Waals surface area contributed by atoms with Crippen molar-refractivity contribution >= 4 is 5.69 Å². The number of H-pyrrole nitrogens is 1. The second kappa shape index (κ2) is 2.34. The molecule has 4 heteroatoms. The zero-order valence-corrected chi connectivity index (χ0v) is 6.49. The van der Waals surface area contributed by atoms with E-state index in [4.69, 9.17) is 11.6 Å². The van der Waals surface area contributed by atoms with Gasteiger partial charge in [-0.05, 0) is 12.1 Å². The predicted octanol–water partition coefficient (Wildman–Crippen LogP) is 0.779. The summed E-state index contributed by atoms with van der Waals surface area (Å²) in [6.07, 6.45) is 1.81. The minimum Gasteiger partial charge on any atom is -0.399 e. The number of hydrogen-bond donors (Lipinski definition) is 3. The van der Waals surface area contributed by atoms with E-state index in [1.807, 2.05) is 30.5 Å². The molecule has 0 aliphatic carbocycles. The first kappa shape index (κ1) is 6.84. The molecule has 1 aromatic carbocycles. The molecule has 0 atom stereocenters. The van der Waals surface area contributed by atoms with Crippen LogP contribution in [0.2, 0.25) is 0 Å². The van der Waals surface area contributed by atoms with Crippen LogP contribution in [0.15, 0.2) is 30.5 Å². The summed E-state index contributed by atoms with van der Waals surface area (Å²) in [6.45, 7) is 0. The highest BCUT2D eigenvalue weighted by atomic mass is 15.5. The molecule has 2 rings (SSSR count). The normalized spacial score (nSPS) is 10.3. The van der Waals surface area contributed by atoms with Gasteiger partial charge in [0, 0.05) is 11.3 Å². The maximum absolute atomic E-state index is 5.54. The van der Waals surface area contributed by atoms with Crippen molar-refractivity contribution in [1.82, 2.24) is 9.89 Å². The zero-order chi connectivity index (χ0) is 8.55. The fourth-order valence-electron chi connectivity index (χ4n) is 1.07. The molecule has 1 aromatic heterocycles. The third-order valence-electron chi connectivity index (χ3n) is 1.74. The summed E-state index contributed by atoms with van der Waals surface area (Å²) in [5.41, 5.74) is 8.41. The third-order valence-corrected chi connectivity index (χ3v) is 1.74. The van der Waals surface area contributed by atoms with E-state index in [9.17, 15) is 0 Å². The van der Waals surface area contributed by atoms with Crippen LogP contribution in [0.25, 0.3) is 11.3 Å². The number of nitrogen functional groups attached to an aromatic ring is 2. The molecule has 0 saturated carbocycles. The largest absolute Gasteiger partial charge is 0.399 e. The van der Waals surface area contributed by atoms with E-state index in [1.54, 1.807) is 0 Å². The molecule has 0 aliphatic heterocycles. The Morgan fingerprint density at radius 2 is 1.75 bits per heavy atom. The summed E-state index contributed by atoms with van der Waals surface area (Å²) in [5, 5.41) is 2.91. The predicted molar refractivity (Wildman–Crippen MR) is 48.8 cm³/mol. The summed E-state index contributed by atoms with van der Waals surface area (Å²) in [6, 6.07) is 7.61. The van der Waals surface area contributed by atoms with Gasteiger partial charge in [-0.1, -0.05) is 12.1 Å². The molecule has 5 N–H and O–H groups in total. The highest BCUT2D eigenvalue weighted by Crippen LogP contribution is 2.18. The Morgan fingerprint density at radius 3 is 2.25 bits per heavy atom. The highest BCUT2D eigenvalue weighted by Gasteiger charge is 2.00. The van der Waals surface area contributed by atoms with Crippen molar-refractivity contribution in [2.75, 3.05) is 11.6 Å². The zero-order valence-electron chi connectivity index (χ0n) is 6.49. The number of nitrogens with two attached hydrogens (primary N) is 2. The average molecular weight is 162 g/mol. The number of rotatable bonds is 1. The lowest BCUT2D eigenvalue weighted by Crippen LogP contribution is -2.18. The van der Waals surface area contributed by atoms with E-state index < -0.39 is 0 Å². The molecule has 0 saturated heterocycles. The topological polar surface area (TPSA) is 72.8 Å². The number of aromatic nitrogens is 2. The molecule has 1 heterocycles. The van der Waals surface area contributed by atoms with E-state index >= 15 is 0 Å². The molecule has 0 amide bonds. The van der Waals surface area contributed by atoms with Crippen molar-refractivity contribution in [3.8, 4) is 11.3 Å². The van der Waals surface area contributed by atoms with E-state index in [0.29, 0.717) is 0 Å². The maximum Gasteiger partial charge on any atom is 0.0832 e. The number of nitrogens with one attached hydrogen (secondary N) is 1. The van der Waals surface area contributed by atoms with Gasteiger partial charge in [-0.15, -0.1) is 0 Å². The Kier molecular flexibility index (Phi) is 1.33. The van der Waals surface area contributed by atoms with Gasteiger partial charge in [0.05, 0.1) is 11.9 Å². The van der Waals surface area contributed by atoms with Gasteiger partial charge in [0.2, 0.25) is 0 Å². The van der Waals surface area contributed by atoms with Crippen LogP contribution in [0.5, 0.6) is 0 Å². The minimum atomic E-state index is 0.767. The van der Waals surface area contributed by atoms with Gasteiger partial charge in [0.25, 0.3) is 0 Å². The van der Waals surface area contributed by atoms with E-state index in [2.05, 4.69) is 5.10 Å². The number of benzene rings is 1. The number of aromatic amines is 1.